The second-order valence-corrected chi connectivity index (χ2v) is 8.70. The van der Waals surface area contributed by atoms with Crippen molar-refractivity contribution in [1.82, 2.24) is 9.88 Å². The van der Waals surface area contributed by atoms with Crippen LogP contribution in [0.15, 0.2) is 42.1 Å². The van der Waals surface area contributed by atoms with E-state index >= 15 is 0 Å². The van der Waals surface area contributed by atoms with Crippen LogP contribution in [-0.4, -0.2) is 55.2 Å². The van der Waals surface area contributed by atoms with Crippen LogP contribution in [0, 0.1) is 5.82 Å². The predicted molar refractivity (Wildman–Crippen MR) is 131 cm³/mol. The summed E-state index contributed by atoms with van der Waals surface area (Å²) in [5, 5.41) is 3.57. The average Bonchev–Trinajstić information content (AvgIpc) is 3.36. The van der Waals surface area contributed by atoms with Gasteiger partial charge in [0, 0.05) is 40.0 Å². The van der Waals surface area contributed by atoms with Crippen molar-refractivity contribution in [2.75, 3.05) is 44.7 Å². The number of aromatic nitrogens is 1. The molecule has 2 aromatic rings. The van der Waals surface area contributed by atoms with E-state index in [0.717, 1.165) is 19.6 Å². The van der Waals surface area contributed by atoms with Gasteiger partial charge in [-0.05, 0) is 63.2 Å². The summed E-state index contributed by atoms with van der Waals surface area (Å²) < 4.78 is 25.9. The van der Waals surface area contributed by atoms with Crippen LogP contribution in [0.5, 0.6) is 5.75 Å². The standard InChI is InChI=1S/C25H28ClFN4O3/c1-16(25(32)34-11-9-31-7-2-3-8-31)12-17(15-28)19-14-22(20-13-18(26)4-5-21(20)27)30-24-23(19)33-10-6-29-24/h4-5,12-15H,2-3,6-11,28H2,1H3,(H,29,30)/b16-12+,17-15+. The number of likely N-dealkylation sites (tertiary alicyclic amines) is 1. The Kier molecular flexibility index (Phi) is 7.70. The van der Waals surface area contributed by atoms with Gasteiger partial charge in [-0.15, -0.1) is 0 Å². The molecule has 1 fully saturated rings. The van der Waals surface area contributed by atoms with E-state index in [1.165, 1.54) is 37.2 Å². The molecule has 4 rings (SSSR count). The minimum atomic E-state index is -0.453. The molecule has 0 amide bonds. The number of ether oxygens (including phenoxy) is 2. The minimum absolute atomic E-state index is 0.252. The molecule has 2 aliphatic rings. The second kappa shape index (κ2) is 10.9. The molecule has 0 aliphatic carbocycles. The number of nitrogens with two attached hydrogens (primary N) is 1. The van der Waals surface area contributed by atoms with Gasteiger partial charge in [-0.3, -0.25) is 4.90 Å². The SMILES string of the molecule is C/C(=C\C(=C/N)c1cc(-c2cc(Cl)ccc2F)nc2c1OCCN2)C(=O)OCCN1CCCC1. The van der Waals surface area contributed by atoms with E-state index in [-0.39, 0.29) is 5.56 Å². The normalized spacial score (nSPS) is 16.6. The first-order valence-electron chi connectivity index (χ1n) is 11.3. The highest BCUT2D eigenvalue weighted by molar-refractivity contribution is 6.30. The summed E-state index contributed by atoms with van der Waals surface area (Å²) in [6.07, 6.45) is 5.40. The number of carbonyl (C=O) groups excluding carboxylic acids is 1. The molecule has 3 heterocycles. The molecule has 0 spiro atoms. The molecule has 0 atom stereocenters. The summed E-state index contributed by atoms with van der Waals surface area (Å²) in [5.41, 5.74) is 8.07. The van der Waals surface area contributed by atoms with Gasteiger partial charge >= 0.3 is 5.97 Å². The third-order valence-corrected chi connectivity index (χ3v) is 6.08. The number of nitrogens with one attached hydrogen (secondary N) is 1. The van der Waals surface area contributed by atoms with Gasteiger partial charge in [-0.1, -0.05) is 11.6 Å². The van der Waals surface area contributed by atoms with Crippen LogP contribution in [0.4, 0.5) is 10.2 Å². The second-order valence-electron chi connectivity index (χ2n) is 8.27. The van der Waals surface area contributed by atoms with Crippen molar-refractivity contribution < 1.29 is 18.7 Å². The van der Waals surface area contributed by atoms with Crippen LogP contribution in [0.1, 0.15) is 25.3 Å². The summed E-state index contributed by atoms with van der Waals surface area (Å²) in [5.74, 6) is 0.0880. The molecule has 1 aromatic heterocycles. The molecule has 7 nitrogen and oxygen atoms in total. The molecule has 2 aliphatic heterocycles. The van der Waals surface area contributed by atoms with Crippen LogP contribution < -0.4 is 15.8 Å². The van der Waals surface area contributed by atoms with Crippen molar-refractivity contribution in [3.05, 3.63) is 58.5 Å². The Morgan fingerprint density at radius 3 is 2.91 bits per heavy atom. The Labute approximate surface area is 203 Å². The van der Waals surface area contributed by atoms with Crippen LogP contribution in [0.2, 0.25) is 5.02 Å². The maximum Gasteiger partial charge on any atom is 0.333 e. The van der Waals surface area contributed by atoms with Gasteiger partial charge in [0.1, 0.15) is 19.0 Å². The molecule has 1 aromatic carbocycles. The predicted octanol–water partition coefficient (Wildman–Crippen LogP) is 4.23. The number of benzene rings is 1. The lowest BCUT2D eigenvalue weighted by atomic mass is 10.00. The molecular weight excluding hydrogens is 459 g/mol. The fourth-order valence-electron chi connectivity index (χ4n) is 4.06. The molecule has 3 N–H and O–H groups in total. The average molecular weight is 487 g/mol. The molecule has 34 heavy (non-hydrogen) atoms. The topological polar surface area (TPSA) is 89.7 Å². The molecule has 180 valence electrons. The van der Waals surface area contributed by atoms with Crippen molar-refractivity contribution in [3.63, 3.8) is 0 Å². The Bertz CT molecular complexity index is 1130. The molecule has 0 unspecified atom stereocenters. The highest BCUT2D eigenvalue weighted by Crippen LogP contribution is 2.39. The fourth-order valence-corrected chi connectivity index (χ4v) is 4.24. The zero-order chi connectivity index (χ0) is 24.1. The third-order valence-electron chi connectivity index (χ3n) is 5.84. The van der Waals surface area contributed by atoms with Crippen LogP contribution in [-0.2, 0) is 9.53 Å². The third kappa shape index (κ3) is 5.51. The first kappa shape index (κ1) is 24.0. The number of nitrogens with zero attached hydrogens (tertiary/aromatic N) is 2. The molecule has 0 radical (unpaired) electrons. The van der Waals surface area contributed by atoms with E-state index in [1.807, 2.05) is 0 Å². The fraction of sp³-hybridized carbons (Fsp3) is 0.360. The van der Waals surface area contributed by atoms with E-state index in [1.54, 1.807) is 19.1 Å². The monoisotopic (exact) mass is 486 g/mol. The Morgan fingerprint density at radius 2 is 2.15 bits per heavy atom. The van der Waals surface area contributed by atoms with Gasteiger partial charge in [-0.2, -0.15) is 0 Å². The van der Waals surface area contributed by atoms with E-state index in [9.17, 15) is 9.18 Å². The lowest BCUT2D eigenvalue weighted by molar-refractivity contribution is -0.139. The van der Waals surface area contributed by atoms with Crippen molar-refractivity contribution in [1.29, 1.82) is 0 Å². The zero-order valence-corrected chi connectivity index (χ0v) is 19.8. The maximum atomic E-state index is 14.6. The van der Waals surface area contributed by atoms with Gasteiger partial charge in [0.05, 0.1) is 12.2 Å². The zero-order valence-electron chi connectivity index (χ0n) is 19.1. The van der Waals surface area contributed by atoms with Crippen molar-refractivity contribution in [2.24, 2.45) is 5.73 Å². The van der Waals surface area contributed by atoms with E-state index < -0.39 is 11.8 Å². The van der Waals surface area contributed by atoms with Gasteiger partial charge < -0.3 is 20.5 Å². The summed E-state index contributed by atoms with van der Waals surface area (Å²) in [6, 6.07) is 5.98. The Hall–Kier alpha value is -3.10. The molecule has 0 bridgehead atoms. The van der Waals surface area contributed by atoms with Gasteiger partial charge in [0.15, 0.2) is 11.6 Å². The van der Waals surface area contributed by atoms with E-state index in [4.69, 9.17) is 26.8 Å². The highest BCUT2D eigenvalue weighted by Gasteiger charge is 2.22. The molecule has 1 saturated heterocycles. The van der Waals surface area contributed by atoms with Crippen molar-refractivity contribution >= 4 is 29.0 Å². The number of fused-ring (bicyclic) bond motifs is 1. The quantitative estimate of drug-likeness (QED) is 0.344. The maximum absolute atomic E-state index is 14.6. The largest absolute Gasteiger partial charge is 0.487 e. The summed E-state index contributed by atoms with van der Waals surface area (Å²) >= 11 is 6.10. The number of anilines is 1. The first-order chi connectivity index (χ1) is 16.5. The van der Waals surface area contributed by atoms with Crippen molar-refractivity contribution in [3.8, 4) is 17.0 Å². The Balaban J connectivity index is 1.61. The number of esters is 1. The van der Waals surface area contributed by atoms with E-state index in [0.29, 0.717) is 58.8 Å². The number of allylic oxidation sites excluding steroid dienone is 2. The number of carbonyl (C=O) groups is 1. The molecular formula is C25H28ClFN4O3. The smallest absolute Gasteiger partial charge is 0.333 e. The lowest BCUT2D eigenvalue weighted by Gasteiger charge is -2.23. The number of hydrogen-bond acceptors (Lipinski definition) is 7. The number of rotatable bonds is 7. The minimum Gasteiger partial charge on any atom is -0.487 e. The first-order valence-corrected chi connectivity index (χ1v) is 11.7. The summed E-state index contributed by atoms with van der Waals surface area (Å²) in [4.78, 5) is 19.4. The lowest BCUT2D eigenvalue weighted by Crippen LogP contribution is -2.25. The summed E-state index contributed by atoms with van der Waals surface area (Å²) in [7, 11) is 0. The van der Waals surface area contributed by atoms with Gasteiger partial charge in [-0.25, -0.2) is 14.2 Å². The van der Waals surface area contributed by atoms with Gasteiger partial charge in [0.2, 0.25) is 0 Å². The van der Waals surface area contributed by atoms with Crippen LogP contribution in [0.25, 0.3) is 16.8 Å². The van der Waals surface area contributed by atoms with E-state index in [2.05, 4.69) is 15.2 Å². The number of halogens is 2. The number of hydrogen-bond donors (Lipinski definition) is 2. The Morgan fingerprint density at radius 1 is 1.35 bits per heavy atom. The van der Waals surface area contributed by atoms with Gasteiger partial charge in [0.25, 0.3) is 0 Å². The summed E-state index contributed by atoms with van der Waals surface area (Å²) in [6.45, 7) is 5.82. The molecule has 9 heteroatoms. The van der Waals surface area contributed by atoms with Crippen LogP contribution >= 0.6 is 11.6 Å². The highest BCUT2D eigenvalue weighted by atomic mass is 35.5. The molecule has 0 saturated carbocycles. The number of pyridine rings is 1. The van der Waals surface area contributed by atoms with Crippen molar-refractivity contribution in [2.45, 2.75) is 19.8 Å². The van der Waals surface area contributed by atoms with Crippen LogP contribution in [0.3, 0.4) is 0 Å².